The van der Waals surface area contributed by atoms with Crippen molar-refractivity contribution < 1.29 is 9.18 Å². The lowest BCUT2D eigenvalue weighted by Gasteiger charge is -2.35. The Balaban J connectivity index is 1.89. The molecule has 0 aromatic heterocycles. The van der Waals surface area contributed by atoms with Crippen molar-refractivity contribution in [3.05, 3.63) is 35.6 Å². The smallest absolute Gasteiger partial charge is 0.151 e. The van der Waals surface area contributed by atoms with Gasteiger partial charge in [0.2, 0.25) is 0 Å². The average Bonchev–Trinajstić information content (AvgIpc) is 2.41. The lowest BCUT2D eigenvalue weighted by molar-refractivity contribution is -0.120. The number of benzene rings is 1. The van der Waals surface area contributed by atoms with Crippen molar-refractivity contribution in [2.75, 3.05) is 13.6 Å². The molecular formula is C17H24FNO. The third-order valence-corrected chi connectivity index (χ3v) is 4.40. The van der Waals surface area contributed by atoms with E-state index < -0.39 is 0 Å². The number of Topliss-reactive ketones (excluding diaryl/α,β-unsaturated/α-hetero) is 1. The molecule has 0 radical (unpaired) electrons. The van der Waals surface area contributed by atoms with E-state index in [-0.39, 0.29) is 18.0 Å². The van der Waals surface area contributed by atoms with Gasteiger partial charge in [0.25, 0.3) is 0 Å². The maximum atomic E-state index is 13.5. The molecule has 0 amide bonds. The standard InChI is InChI=1S/C17H24FNO/c1-13-7-3-6-10-17(13)19(2)12-15(20)11-14-8-4-5-9-16(14)18/h4-5,8-9,13,17H,3,6-7,10-12H2,1-2H3. The van der Waals surface area contributed by atoms with E-state index >= 15 is 0 Å². The lowest BCUT2D eigenvalue weighted by atomic mass is 9.85. The van der Waals surface area contributed by atoms with Crippen molar-refractivity contribution >= 4 is 5.78 Å². The third kappa shape index (κ3) is 3.89. The molecule has 3 heteroatoms. The Morgan fingerprint density at radius 3 is 2.70 bits per heavy atom. The van der Waals surface area contributed by atoms with Crippen LogP contribution >= 0.6 is 0 Å². The lowest BCUT2D eigenvalue weighted by Crippen LogP contribution is -2.41. The average molecular weight is 277 g/mol. The summed E-state index contributed by atoms with van der Waals surface area (Å²) in [6.07, 6.45) is 5.16. The summed E-state index contributed by atoms with van der Waals surface area (Å²) in [4.78, 5) is 14.3. The molecule has 1 aromatic rings. The number of hydrogen-bond donors (Lipinski definition) is 0. The van der Waals surface area contributed by atoms with Crippen LogP contribution in [0.5, 0.6) is 0 Å². The number of rotatable bonds is 5. The molecule has 1 fully saturated rings. The predicted octanol–water partition coefficient (Wildman–Crippen LogP) is 3.45. The minimum Gasteiger partial charge on any atom is -0.298 e. The fourth-order valence-corrected chi connectivity index (χ4v) is 3.26. The molecule has 110 valence electrons. The maximum Gasteiger partial charge on any atom is 0.151 e. The van der Waals surface area contributed by atoms with Gasteiger partial charge < -0.3 is 0 Å². The Hall–Kier alpha value is -1.22. The first-order chi connectivity index (χ1) is 9.58. The van der Waals surface area contributed by atoms with E-state index in [0.717, 1.165) is 0 Å². The molecule has 1 aromatic carbocycles. The third-order valence-electron chi connectivity index (χ3n) is 4.40. The largest absolute Gasteiger partial charge is 0.298 e. The first-order valence-corrected chi connectivity index (χ1v) is 7.53. The molecule has 0 spiro atoms. The van der Waals surface area contributed by atoms with Crippen LogP contribution in [0.4, 0.5) is 4.39 Å². The van der Waals surface area contributed by atoms with Gasteiger partial charge in [-0.25, -0.2) is 4.39 Å². The van der Waals surface area contributed by atoms with Gasteiger partial charge in [0, 0.05) is 12.5 Å². The van der Waals surface area contributed by atoms with Crippen molar-refractivity contribution in [2.45, 2.75) is 45.1 Å². The summed E-state index contributed by atoms with van der Waals surface area (Å²) in [5.74, 6) is 0.458. The zero-order chi connectivity index (χ0) is 14.5. The Labute approximate surface area is 121 Å². The van der Waals surface area contributed by atoms with Crippen LogP contribution in [0.3, 0.4) is 0 Å². The first kappa shape index (κ1) is 15.2. The topological polar surface area (TPSA) is 20.3 Å². The molecule has 0 heterocycles. The Morgan fingerprint density at radius 1 is 1.30 bits per heavy atom. The highest BCUT2D eigenvalue weighted by Gasteiger charge is 2.26. The van der Waals surface area contributed by atoms with Gasteiger partial charge in [-0.2, -0.15) is 0 Å². The highest BCUT2D eigenvalue weighted by Crippen LogP contribution is 2.27. The second kappa shape index (κ2) is 6.98. The summed E-state index contributed by atoms with van der Waals surface area (Å²) in [5.41, 5.74) is 0.502. The number of likely N-dealkylation sites (N-methyl/N-ethyl adjacent to an activating group) is 1. The van der Waals surface area contributed by atoms with Crippen LogP contribution in [-0.4, -0.2) is 30.3 Å². The van der Waals surface area contributed by atoms with Crippen LogP contribution < -0.4 is 0 Å². The van der Waals surface area contributed by atoms with Crippen molar-refractivity contribution in [1.29, 1.82) is 0 Å². The van der Waals surface area contributed by atoms with E-state index in [9.17, 15) is 9.18 Å². The van der Waals surface area contributed by atoms with Crippen LogP contribution in [-0.2, 0) is 11.2 Å². The van der Waals surface area contributed by atoms with E-state index in [4.69, 9.17) is 0 Å². The van der Waals surface area contributed by atoms with E-state index in [1.54, 1.807) is 18.2 Å². The molecule has 1 saturated carbocycles. The van der Waals surface area contributed by atoms with Gasteiger partial charge in [0.1, 0.15) is 5.82 Å². The van der Waals surface area contributed by atoms with Gasteiger partial charge in [-0.05, 0) is 37.4 Å². The summed E-state index contributed by atoms with van der Waals surface area (Å²) in [5, 5.41) is 0. The molecule has 1 aliphatic rings. The molecule has 0 aliphatic heterocycles. The Kier molecular flexibility index (Phi) is 5.30. The van der Waals surface area contributed by atoms with Crippen LogP contribution in [0.15, 0.2) is 24.3 Å². The molecule has 2 rings (SSSR count). The summed E-state index contributed by atoms with van der Waals surface area (Å²) < 4.78 is 13.5. The van der Waals surface area contributed by atoms with E-state index in [2.05, 4.69) is 11.8 Å². The molecule has 2 unspecified atom stereocenters. The molecule has 2 nitrogen and oxygen atoms in total. The second-order valence-corrected chi connectivity index (χ2v) is 6.05. The maximum absolute atomic E-state index is 13.5. The molecule has 1 aliphatic carbocycles. The van der Waals surface area contributed by atoms with E-state index in [1.807, 2.05) is 7.05 Å². The zero-order valence-electron chi connectivity index (χ0n) is 12.4. The summed E-state index contributed by atoms with van der Waals surface area (Å²) >= 11 is 0. The fourth-order valence-electron chi connectivity index (χ4n) is 3.26. The van der Waals surface area contributed by atoms with Crippen molar-refractivity contribution in [3.8, 4) is 0 Å². The van der Waals surface area contributed by atoms with E-state index in [0.29, 0.717) is 24.1 Å². The van der Waals surface area contributed by atoms with Crippen LogP contribution in [0, 0.1) is 11.7 Å². The second-order valence-electron chi connectivity index (χ2n) is 6.05. The van der Waals surface area contributed by atoms with Crippen molar-refractivity contribution in [1.82, 2.24) is 4.90 Å². The van der Waals surface area contributed by atoms with Crippen LogP contribution in [0.2, 0.25) is 0 Å². The number of ketones is 1. The highest BCUT2D eigenvalue weighted by atomic mass is 19.1. The Morgan fingerprint density at radius 2 is 2.00 bits per heavy atom. The molecule has 2 atom stereocenters. The normalized spacial score (nSPS) is 23.0. The summed E-state index contributed by atoms with van der Waals surface area (Å²) in [6.45, 7) is 2.69. The minimum absolute atomic E-state index is 0.0929. The van der Waals surface area contributed by atoms with Gasteiger partial charge in [0.05, 0.1) is 6.54 Å². The SMILES string of the molecule is CC1CCCCC1N(C)CC(=O)Cc1ccccc1F. The van der Waals surface area contributed by atoms with Gasteiger partial charge in [-0.1, -0.05) is 38.0 Å². The van der Waals surface area contributed by atoms with Crippen LogP contribution in [0.1, 0.15) is 38.2 Å². The molecule has 20 heavy (non-hydrogen) atoms. The molecule has 0 saturated heterocycles. The minimum atomic E-state index is -0.283. The van der Waals surface area contributed by atoms with E-state index in [1.165, 1.54) is 31.7 Å². The monoisotopic (exact) mass is 277 g/mol. The molecular weight excluding hydrogens is 253 g/mol. The van der Waals surface area contributed by atoms with Gasteiger partial charge in [0.15, 0.2) is 5.78 Å². The number of carbonyl (C=O) groups excluding carboxylic acids is 1. The Bertz CT molecular complexity index is 460. The quantitative estimate of drug-likeness (QED) is 0.821. The highest BCUT2D eigenvalue weighted by molar-refractivity contribution is 5.82. The van der Waals surface area contributed by atoms with Gasteiger partial charge >= 0.3 is 0 Å². The number of halogens is 1. The summed E-state index contributed by atoms with van der Waals surface area (Å²) in [7, 11) is 2.02. The van der Waals surface area contributed by atoms with Gasteiger partial charge in [-0.3, -0.25) is 9.69 Å². The van der Waals surface area contributed by atoms with Crippen molar-refractivity contribution in [3.63, 3.8) is 0 Å². The molecule has 0 N–H and O–H groups in total. The first-order valence-electron chi connectivity index (χ1n) is 7.53. The predicted molar refractivity (Wildman–Crippen MR) is 79.2 cm³/mol. The van der Waals surface area contributed by atoms with Crippen LogP contribution in [0.25, 0.3) is 0 Å². The number of hydrogen-bond acceptors (Lipinski definition) is 2. The number of nitrogens with zero attached hydrogens (tertiary/aromatic N) is 1. The molecule has 0 bridgehead atoms. The zero-order valence-corrected chi connectivity index (χ0v) is 12.4. The van der Waals surface area contributed by atoms with Gasteiger partial charge in [-0.15, -0.1) is 0 Å². The fraction of sp³-hybridized carbons (Fsp3) is 0.588. The summed E-state index contributed by atoms with van der Waals surface area (Å²) in [6, 6.07) is 7.03. The van der Waals surface area contributed by atoms with Crippen molar-refractivity contribution in [2.24, 2.45) is 5.92 Å². The number of carbonyl (C=O) groups is 1.